The van der Waals surface area contributed by atoms with Gasteiger partial charge in [-0.3, -0.25) is 0 Å². The molecule has 0 saturated heterocycles. The smallest absolute Gasteiger partial charge is 0.130 e. The minimum Gasteiger partial charge on any atom is -0.310 e. The number of aryl methyl sites for hydroxylation is 1. The van der Waals surface area contributed by atoms with Gasteiger partial charge in [0.15, 0.2) is 0 Å². The first-order chi connectivity index (χ1) is 9.99. The summed E-state index contributed by atoms with van der Waals surface area (Å²) in [6, 6.07) is 8.06. The van der Waals surface area contributed by atoms with Crippen LogP contribution in [-0.4, -0.2) is 6.54 Å². The van der Waals surface area contributed by atoms with E-state index in [1.54, 1.807) is 13.0 Å². The van der Waals surface area contributed by atoms with Crippen LogP contribution in [0.5, 0.6) is 0 Å². The summed E-state index contributed by atoms with van der Waals surface area (Å²) in [5.41, 5.74) is 1.94. The maximum atomic E-state index is 13.6. The van der Waals surface area contributed by atoms with Crippen LogP contribution in [0.3, 0.4) is 0 Å². The largest absolute Gasteiger partial charge is 0.310 e. The molecular weight excluding hydrogens is 275 g/mol. The fraction of sp³-hybridized carbons (Fsp3) is 0.294. The maximum Gasteiger partial charge on any atom is 0.130 e. The molecule has 0 aliphatic rings. The first-order valence-corrected chi connectivity index (χ1v) is 6.91. The number of rotatable bonds is 5. The van der Waals surface area contributed by atoms with Crippen LogP contribution in [0.4, 0.5) is 13.2 Å². The third-order valence-corrected chi connectivity index (χ3v) is 3.58. The lowest BCUT2D eigenvalue weighted by atomic mass is 10.0. The van der Waals surface area contributed by atoms with E-state index >= 15 is 0 Å². The molecule has 0 amide bonds. The molecule has 4 heteroatoms. The van der Waals surface area contributed by atoms with Gasteiger partial charge in [0, 0.05) is 11.6 Å². The molecule has 2 aromatic rings. The summed E-state index contributed by atoms with van der Waals surface area (Å²) in [5.74, 6) is -1.35. The molecule has 1 nitrogen and oxygen atoms in total. The van der Waals surface area contributed by atoms with Crippen molar-refractivity contribution in [3.05, 3.63) is 70.5 Å². The Morgan fingerprint density at radius 1 is 1.05 bits per heavy atom. The van der Waals surface area contributed by atoms with Crippen LogP contribution in [0.1, 0.15) is 29.7 Å². The van der Waals surface area contributed by atoms with E-state index in [0.717, 1.165) is 11.1 Å². The summed E-state index contributed by atoms with van der Waals surface area (Å²) in [6.45, 7) is 4.12. The molecule has 0 spiro atoms. The topological polar surface area (TPSA) is 12.0 Å². The van der Waals surface area contributed by atoms with Gasteiger partial charge in [-0.2, -0.15) is 0 Å². The zero-order valence-electron chi connectivity index (χ0n) is 12.1. The van der Waals surface area contributed by atoms with E-state index in [4.69, 9.17) is 0 Å². The summed E-state index contributed by atoms with van der Waals surface area (Å²) in [7, 11) is 0. The first kappa shape index (κ1) is 15.6. The van der Waals surface area contributed by atoms with Gasteiger partial charge in [0.1, 0.15) is 17.5 Å². The monoisotopic (exact) mass is 293 g/mol. The molecule has 0 aromatic heterocycles. The number of halogens is 3. The van der Waals surface area contributed by atoms with Crippen molar-refractivity contribution >= 4 is 0 Å². The highest BCUT2D eigenvalue weighted by atomic mass is 19.1. The van der Waals surface area contributed by atoms with E-state index in [-0.39, 0.29) is 11.4 Å². The Hall–Kier alpha value is -1.81. The fourth-order valence-electron chi connectivity index (χ4n) is 2.39. The lowest BCUT2D eigenvalue weighted by Gasteiger charge is -2.16. The van der Waals surface area contributed by atoms with Crippen molar-refractivity contribution in [2.24, 2.45) is 0 Å². The van der Waals surface area contributed by atoms with Gasteiger partial charge < -0.3 is 5.32 Å². The molecule has 0 fully saturated rings. The Balaban J connectivity index is 1.97. The average Bonchev–Trinajstić information content (AvgIpc) is 2.41. The van der Waals surface area contributed by atoms with E-state index in [0.29, 0.717) is 13.0 Å². The molecule has 0 saturated carbocycles. The van der Waals surface area contributed by atoms with Crippen molar-refractivity contribution in [3.63, 3.8) is 0 Å². The fourth-order valence-corrected chi connectivity index (χ4v) is 2.39. The van der Waals surface area contributed by atoms with Crippen molar-refractivity contribution in [2.45, 2.75) is 26.3 Å². The molecular formula is C17H18F3N. The molecule has 1 unspecified atom stereocenters. The zero-order valence-corrected chi connectivity index (χ0v) is 12.1. The highest BCUT2D eigenvalue weighted by Gasteiger charge is 2.15. The Bertz CT molecular complexity index is 605. The van der Waals surface area contributed by atoms with Crippen LogP contribution in [0.2, 0.25) is 0 Å². The third-order valence-electron chi connectivity index (χ3n) is 3.58. The van der Waals surface area contributed by atoms with Crippen molar-refractivity contribution in [2.75, 3.05) is 6.54 Å². The third kappa shape index (κ3) is 3.85. The Morgan fingerprint density at radius 2 is 1.71 bits per heavy atom. The molecule has 21 heavy (non-hydrogen) atoms. The first-order valence-electron chi connectivity index (χ1n) is 6.91. The van der Waals surface area contributed by atoms with Gasteiger partial charge in [-0.25, -0.2) is 13.2 Å². The highest BCUT2D eigenvalue weighted by Crippen LogP contribution is 2.20. The van der Waals surface area contributed by atoms with Gasteiger partial charge in [0.2, 0.25) is 0 Å². The lowest BCUT2D eigenvalue weighted by molar-refractivity contribution is 0.489. The molecule has 112 valence electrons. The number of hydrogen-bond acceptors (Lipinski definition) is 1. The Morgan fingerprint density at radius 3 is 2.33 bits per heavy atom. The van der Waals surface area contributed by atoms with Gasteiger partial charge in [0.05, 0.1) is 0 Å². The molecule has 2 rings (SSSR count). The summed E-state index contributed by atoms with van der Waals surface area (Å²) in [5, 5.41) is 3.10. The van der Waals surface area contributed by atoms with Gasteiger partial charge >= 0.3 is 0 Å². The lowest BCUT2D eigenvalue weighted by Crippen LogP contribution is -2.23. The van der Waals surface area contributed by atoms with E-state index in [1.807, 2.05) is 6.92 Å². The van der Waals surface area contributed by atoms with Gasteiger partial charge in [0.25, 0.3) is 0 Å². The maximum absolute atomic E-state index is 13.6. The second-order valence-corrected chi connectivity index (χ2v) is 5.13. The second kappa shape index (κ2) is 6.76. The molecule has 0 radical (unpaired) electrons. The minimum atomic E-state index is -0.548. The molecule has 1 N–H and O–H groups in total. The number of nitrogens with one attached hydrogen (secondary N) is 1. The Kier molecular flexibility index (Phi) is 5.02. The normalized spacial score (nSPS) is 12.4. The predicted octanol–water partition coefficient (Wildman–Crippen LogP) is 4.31. The van der Waals surface area contributed by atoms with Gasteiger partial charge in [-0.15, -0.1) is 0 Å². The van der Waals surface area contributed by atoms with E-state index in [2.05, 4.69) is 5.32 Å². The van der Waals surface area contributed by atoms with Crippen molar-refractivity contribution in [3.8, 4) is 0 Å². The van der Waals surface area contributed by atoms with Crippen LogP contribution in [-0.2, 0) is 6.42 Å². The van der Waals surface area contributed by atoms with E-state index < -0.39 is 17.7 Å². The molecule has 0 aliphatic heterocycles. The SMILES string of the molecule is Cc1cc(F)ccc1CCNC(C)c1c(F)cccc1F. The standard InChI is InChI=1S/C17H18F3N/c1-11-10-14(18)7-6-13(11)8-9-21-12(2)17-15(19)4-3-5-16(17)20/h3-7,10,12,21H,8-9H2,1-2H3. The minimum absolute atomic E-state index is 0.0494. The molecule has 2 aromatic carbocycles. The van der Waals surface area contributed by atoms with Crippen LogP contribution in [0.15, 0.2) is 36.4 Å². The van der Waals surface area contributed by atoms with E-state index in [1.165, 1.54) is 30.3 Å². The molecule has 0 aliphatic carbocycles. The summed E-state index contributed by atoms with van der Waals surface area (Å²) >= 11 is 0. The van der Waals surface area contributed by atoms with Crippen LogP contribution in [0, 0.1) is 24.4 Å². The van der Waals surface area contributed by atoms with Crippen LogP contribution >= 0.6 is 0 Å². The summed E-state index contributed by atoms with van der Waals surface area (Å²) < 4.78 is 40.3. The van der Waals surface area contributed by atoms with E-state index in [9.17, 15) is 13.2 Å². The molecule has 0 heterocycles. The Labute approximate surface area is 122 Å². The van der Waals surface area contributed by atoms with Crippen molar-refractivity contribution < 1.29 is 13.2 Å². The highest BCUT2D eigenvalue weighted by molar-refractivity contribution is 5.27. The van der Waals surface area contributed by atoms with Crippen molar-refractivity contribution in [1.82, 2.24) is 5.32 Å². The predicted molar refractivity (Wildman–Crippen MR) is 77.6 cm³/mol. The number of benzene rings is 2. The van der Waals surface area contributed by atoms with Crippen LogP contribution < -0.4 is 5.32 Å². The molecule has 0 bridgehead atoms. The quantitative estimate of drug-likeness (QED) is 0.866. The average molecular weight is 293 g/mol. The number of hydrogen-bond donors (Lipinski definition) is 1. The van der Waals surface area contributed by atoms with Crippen LogP contribution in [0.25, 0.3) is 0 Å². The summed E-state index contributed by atoms with van der Waals surface area (Å²) in [4.78, 5) is 0. The molecule has 1 atom stereocenters. The second-order valence-electron chi connectivity index (χ2n) is 5.13. The van der Waals surface area contributed by atoms with Gasteiger partial charge in [-0.1, -0.05) is 12.1 Å². The van der Waals surface area contributed by atoms with Gasteiger partial charge in [-0.05, 0) is 62.2 Å². The zero-order chi connectivity index (χ0) is 15.4. The van der Waals surface area contributed by atoms with Crippen molar-refractivity contribution in [1.29, 1.82) is 0 Å². The summed E-state index contributed by atoms with van der Waals surface area (Å²) in [6.07, 6.45) is 0.673.